The van der Waals surface area contributed by atoms with Crippen LogP contribution >= 0.6 is 0 Å². The summed E-state index contributed by atoms with van der Waals surface area (Å²) in [5.41, 5.74) is 2.24. The van der Waals surface area contributed by atoms with Crippen molar-refractivity contribution in [1.29, 1.82) is 0 Å². The molecule has 3 nitrogen and oxygen atoms in total. The second-order valence-electron chi connectivity index (χ2n) is 6.27. The molecular weight excluding hydrogens is 262 g/mol. The molecule has 0 saturated heterocycles. The van der Waals surface area contributed by atoms with Gasteiger partial charge in [0.25, 0.3) is 0 Å². The van der Waals surface area contributed by atoms with Crippen LogP contribution in [0.5, 0.6) is 0 Å². The predicted octanol–water partition coefficient (Wildman–Crippen LogP) is 4.29. The summed E-state index contributed by atoms with van der Waals surface area (Å²) in [5, 5.41) is 4.81. The van der Waals surface area contributed by atoms with E-state index in [0.29, 0.717) is 6.61 Å². The molecule has 3 heteroatoms. The molecule has 0 aliphatic heterocycles. The fourth-order valence-corrected chi connectivity index (χ4v) is 2.62. The van der Waals surface area contributed by atoms with Crippen LogP contribution in [0.4, 0.5) is 0 Å². The molecule has 0 aliphatic rings. The lowest BCUT2D eigenvalue weighted by molar-refractivity contribution is 0.127. The van der Waals surface area contributed by atoms with Crippen LogP contribution in [0.15, 0.2) is 28.7 Å². The van der Waals surface area contributed by atoms with Gasteiger partial charge in [-0.05, 0) is 26.3 Å². The van der Waals surface area contributed by atoms with Crippen molar-refractivity contribution in [1.82, 2.24) is 5.32 Å². The number of aryl methyl sites for hydroxylation is 1. The SMILES string of the molecule is CCCCc1oc2ccccc2c1CNC(C)(C)COC. The Morgan fingerprint density at radius 3 is 2.71 bits per heavy atom. The van der Waals surface area contributed by atoms with Crippen LogP contribution in [0.2, 0.25) is 0 Å². The van der Waals surface area contributed by atoms with E-state index in [1.807, 2.05) is 6.07 Å². The summed E-state index contributed by atoms with van der Waals surface area (Å²) in [6.45, 7) is 8.02. The van der Waals surface area contributed by atoms with E-state index in [9.17, 15) is 0 Å². The first-order valence-corrected chi connectivity index (χ1v) is 7.80. The average molecular weight is 289 g/mol. The van der Waals surface area contributed by atoms with Gasteiger partial charge in [0.15, 0.2) is 0 Å². The van der Waals surface area contributed by atoms with E-state index in [-0.39, 0.29) is 5.54 Å². The van der Waals surface area contributed by atoms with Gasteiger partial charge >= 0.3 is 0 Å². The number of hydrogen-bond acceptors (Lipinski definition) is 3. The van der Waals surface area contributed by atoms with Crippen molar-refractivity contribution < 1.29 is 9.15 Å². The van der Waals surface area contributed by atoms with Crippen molar-refractivity contribution in [3.63, 3.8) is 0 Å². The fraction of sp³-hybridized carbons (Fsp3) is 0.556. The summed E-state index contributed by atoms with van der Waals surface area (Å²) in [7, 11) is 1.74. The highest BCUT2D eigenvalue weighted by molar-refractivity contribution is 5.82. The Balaban J connectivity index is 2.23. The number of furan rings is 1. The monoisotopic (exact) mass is 289 g/mol. The van der Waals surface area contributed by atoms with E-state index in [0.717, 1.165) is 30.7 Å². The van der Waals surface area contributed by atoms with E-state index in [1.165, 1.54) is 17.4 Å². The first-order chi connectivity index (χ1) is 10.1. The minimum absolute atomic E-state index is 0.0465. The Labute approximate surface area is 127 Å². The molecule has 2 aromatic rings. The quantitative estimate of drug-likeness (QED) is 0.787. The van der Waals surface area contributed by atoms with Crippen LogP contribution < -0.4 is 5.32 Å². The normalized spacial score (nSPS) is 12.2. The molecule has 0 fully saturated rings. The Hall–Kier alpha value is -1.32. The Bertz CT molecular complexity index is 572. The van der Waals surface area contributed by atoms with Crippen molar-refractivity contribution >= 4 is 11.0 Å². The van der Waals surface area contributed by atoms with Crippen molar-refractivity contribution in [2.24, 2.45) is 0 Å². The number of fused-ring (bicyclic) bond motifs is 1. The Morgan fingerprint density at radius 2 is 2.00 bits per heavy atom. The van der Waals surface area contributed by atoms with E-state index < -0.39 is 0 Å². The van der Waals surface area contributed by atoms with Crippen LogP contribution in [0.3, 0.4) is 0 Å². The standard InChI is InChI=1S/C18H27NO2/c1-5-6-10-17-15(12-19-18(2,3)13-20-4)14-9-7-8-11-16(14)21-17/h7-9,11,19H,5-6,10,12-13H2,1-4H3. The van der Waals surface area contributed by atoms with Gasteiger partial charge in [0.1, 0.15) is 11.3 Å². The van der Waals surface area contributed by atoms with Crippen LogP contribution in [0, 0.1) is 0 Å². The van der Waals surface area contributed by atoms with Gasteiger partial charge in [-0.2, -0.15) is 0 Å². The lowest BCUT2D eigenvalue weighted by atomic mass is 10.0. The number of rotatable bonds is 8. The Kier molecular flexibility index (Phi) is 5.43. The molecule has 0 bridgehead atoms. The first-order valence-electron chi connectivity index (χ1n) is 7.80. The minimum Gasteiger partial charge on any atom is -0.461 e. The molecule has 1 aromatic heterocycles. The molecule has 0 spiro atoms. The second kappa shape index (κ2) is 7.10. The average Bonchev–Trinajstić information content (AvgIpc) is 2.80. The van der Waals surface area contributed by atoms with Crippen molar-refractivity contribution in [3.05, 3.63) is 35.6 Å². The molecular formula is C18H27NO2. The third-order valence-electron chi connectivity index (χ3n) is 3.79. The van der Waals surface area contributed by atoms with Crippen molar-refractivity contribution in [2.75, 3.05) is 13.7 Å². The van der Waals surface area contributed by atoms with Gasteiger partial charge in [0.2, 0.25) is 0 Å². The first kappa shape index (κ1) is 16.1. The topological polar surface area (TPSA) is 34.4 Å². The van der Waals surface area contributed by atoms with Crippen molar-refractivity contribution in [2.45, 2.75) is 52.1 Å². The fourth-order valence-electron chi connectivity index (χ4n) is 2.62. The highest BCUT2D eigenvalue weighted by Gasteiger charge is 2.19. The van der Waals surface area contributed by atoms with Gasteiger partial charge < -0.3 is 14.5 Å². The maximum absolute atomic E-state index is 6.06. The zero-order valence-electron chi connectivity index (χ0n) is 13.7. The number of unbranched alkanes of at least 4 members (excludes halogenated alkanes) is 1. The zero-order chi connectivity index (χ0) is 15.3. The van der Waals surface area contributed by atoms with Crippen LogP contribution in [0.1, 0.15) is 44.9 Å². The van der Waals surface area contributed by atoms with Gasteiger partial charge in [0.05, 0.1) is 6.61 Å². The van der Waals surface area contributed by atoms with Gasteiger partial charge in [-0.15, -0.1) is 0 Å². The third-order valence-corrected chi connectivity index (χ3v) is 3.79. The summed E-state index contributed by atoms with van der Waals surface area (Å²) in [5.74, 6) is 1.12. The second-order valence-corrected chi connectivity index (χ2v) is 6.27. The molecule has 116 valence electrons. The number of methoxy groups -OCH3 is 1. The number of benzene rings is 1. The maximum atomic E-state index is 6.06. The molecule has 0 radical (unpaired) electrons. The highest BCUT2D eigenvalue weighted by Crippen LogP contribution is 2.27. The molecule has 21 heavy (non-hydrogen) atoms. The molecule has 0 amide bonds. The van der Waals surface area contributed by atoms with Gasteiger partial charge in [-0.3, -0.25) is 0 Å². The summed E-state index contributed by atoms with van der Waals surface area (Å²) >= 11 is 0. The molecule has 0 aliphatic carbocycles. The van der Waals surface area contributed by atoms with E-state index in [1.54, 1.807) is 7.11 Å². The van der Waals surface area contributed by atoms with E-state index >= 15 is 0 Å². The molecule has 2 rings (SSSR count). The molecule has 1 heterocycles. The van der Waals surface area contributed by atoms with Crippen LogP contribution in [0.25, 0.3) is 11.0 Å². The van der Waals surface area contributed by atoms with Crippen LogP contribution in [-0.4, -0.2) is 19.3 Å². The number of para-hydroxylation sites is 1. The highest BCUT2D eigenvalue weighted by atomic mass is 16.5. The van der Waals surface area contributed by atoms with Crippen molar-refractivity contribution in [3.8, 4) is 0 Å². The van der Waals surface area contributed by atoms with E-state index in [4.69, 9.17) is 9.15 Å². The minimum atomic E-state index is -0.0465. The molecule has 0 saturated carbocycles. The molecule has 1 N–H and O–H groups in total. The molecule has 0 atom stereocenters. The van der Waals surface area contributed by atoms with Crippen LogP contribution in [-0.2, 0) is 17.7 Å². The molecule has 0 unspecified atom stereocenters. The predicted molar refractivity (Wildman–Crippen MR) is 87.6 cm³/mol. The molecule has 1 aromatic carbocycles. The lowest BCUT2D eigenvalue weighted by Gasteiger charge is -2.25. The zero-order valence-corrected chi connectivity index (χ0v) is 13.7. The van der Waals surface area contributed by atoms with E-state index in [2.05, 4.69) is 44.3 Å². The summed E-state index contributed by atoms with van der Waals surface area (Å²) in [6.07, 6.45) is 3.35. The summed E-state index contributed by atoms with van der Waals surface area (Å²) in [4.78, 5) is 0. The van der Waals surface area contributed by atoms with Gasteiger partial charge in [-0.1, -0.05) is 31.5 Å². The van der Waals surface area contributed by atoms with Gasteiger partial charge in [0, 0.05) is 36.6 Å². The number of nitrogens with one attached hydrogen (secondary N) is 1. The number of hydrogen-bond donors (Lipinski definition) is 1. The summed E-state index contributed by atoms with van der Waals surface area (Å²) in [6, 6.07) is 8.30. The largest absolute Gasteiger partial charge is 0.461 e. The Morgan fingerprint density at radius 1 is 1.24 bits per heavy atom. The number of ether oxygens (including phenoxy) is 1. The lowest BCUT2D eigenvalue weighted by Crippen LogP contribution is -2.42. The third kappa shape index (κ3) is 4.08. The van der Waals surface area contributed by atoms with Gasteiger partial charge in [-0.25, -0.2) is 0 Å². The summed E-state index contributed by atoms with van der Waals surface area (Å²) < 4.78 is 11.3. The maximum Gasteiger partial charge on any atom is 0.134 e. The smallest absolute Gasteiger partial charge is 0.134 e.